The fraction of sp³-hybridized carbons (Fsp3) is 0.400. The van der Waals surface area contributed by atoms with Crippen LogP contribution in [0.2, 0.25) is 0 Å². The van der Waals surface area contributed by atoms with Gasteiger partial charge in [0.2, 0.25) is 5.91 Å². The van der Waals surface area contributed by atoms with Crippen molar-refractivity contribution in [1.29, 1.82) is 0 Å². The summed E-state index contributed by atoms with van der Waals surface area (Å²) in [6, 6.07) is 15.3. The number of fused-ring (bicyclic) bond motifs is 3. The maximum atomic E-state index is 12.3. The predicted molar refractivity (Wildman–Crippen MR) is 121 cm³/mol. The number of carboxylic acid groups (broad SMARTS) is 1. The molecular weight excluding hydrogens is 424 g/mol. The molecule has 0 spiro atoms. The molecule has 8 nitrogen and oxygen atoms in total. The fourth-order valence-electron chi connectivity index (χ4n) is 4.26. The lowest BCUT2D eigenvalue weighted by Gasteiger charge is -2.19. The smallest absolute Gasteiger partial charge is 0.407 e. The van der Waals surface area contributed by atoms with E-state index in [9.17, 15) is 14.4 Å². The van der Waals surface area contributed by atoms with Gasteiger partial charge in [-0.15, -0.1) is 0 Å². The molecule has 0 aliphatic heterocycles. The SMILES string of the molecule is C[C@H](NC(=O)OCC1c2ccccc2-c2ccccc21)C(=O)NCO[C@H](CC(=O)O)C1CC1. The molecule has 0 radical (unpaired) electrons. The van der Waals surface area contributed by atoms with Crippen LogP contribution in [0.1, 0.15) is 43.2 Å². The van der Waals surface area contributed by atoms with Crippen molar-refractivity contribution in [3.8, 4) is 11.1 Å². The Morgan fingerprint density at radius 3 is 2.21 bits per heavy atom. The first-order chi connectivity index (χ1) is 15.9. The van der Waals surface area contributed by atoms with Crippen LogP contribution in [0.5, 0.6) is 0 Å². The van der Waals surface area contributed by atoms with Crippen LogP contribution in [-0.2, 0) is 19.1 Å². The van der Waals surface area contributed by atoms with Gasteiger partial charge >= 0.3 is 12.1 Å². The first-order valence-corrected chi connectivity index (χ1v) is 11.2. The number of hydrogen-bond donors (Lipinski definition) is 3. The molecule has 2 amide bonds. The number of nitrogens with one attached hydrogen (secondary N) is 2. The lowest BCUT2D eigenvalue weighted by Crippen LogP contribution is -2.46. The van der Waals surface area contributed by atoms with Crippen LogP contribution in [-0.4, -0.2) is 48.6 Å². The van der Waals surface area contributed by atoms with Crippen LogP contribution in [0.25, 0.3) is 11.1 Å². The van der Waals surface area contributed by atoms with Gasteiger partial charge in [-0.25, -0.2) is 4.79 Å². The maximum Gasteiger partial charge on any atom is 0.407 e. The number of amides is 2. The Hall–Kier alpha value is -3.39. The molecule has 174 valence electrons. The zero-order chi connectivity index (χ0) is 23.4. The second kappa shape index (κ2) is 10.0. The lowest BCUT2D eigenvalue weighted by atomic mass is 9.98. The molecule has 2 aromatic rings. The summed E-state index contributed by atoms with van der Waals surface area (Å²) < 4.78 is 11.0. The summed E-state index contributed by atoms with van der Waals surface area (Å²) >= 11 is 0. The van der Waals surface area contributed by atoms with Gasteiger partial charge in [-0.3, -0.25) is 9.59 Å². The molecule has 2 atom stereocenters. The molecule has 2 aliphatic carbocycles. The molecule has 33 heavy (non-hydrogen) atoms. The summed E-state index contributed by atoms with van der Waals surface area (Å²) in [4.78, 5) is 35.5. The van der Waals surface area contributed by atoms with Gasteiger partial charge in [0.15, 0.2) is 0 Å². The van der Waals surface area contributed by atoms with Gasteiger partial charge in [0.25, 0.3) is 0 Å². The van der Waals surface area contributed by atoms with Crippen molar-refractivity contribution in [2.45, 2.75) is 44.2 Å². The Morgan fingerprint density at radius 1 is 1.03 bits per heavy atom. The topological polar surface area (TPSA) is 114 Å². The maximum absolute atomic E-state index is 12.3. The number of aliphatic carboxylic acids is 1. The third-order valence-corrected chi connectivity index (χ3v) is 6.14. The van der Waals surface area contributed by atoms with E-state index in [4.69, 9.17) is 14.6 Å². The van der Waals surface area contributed by atoms with Gasteiger partial charge in [0.05, 0.1) is 12.5 Å². The molecule has 2 aliphatic rings. The number of rotatable bonds is 10. The quantitative estimate of drug-likeness (QED) is 0.477. The van der Waals surface area contributed by atoms with Gasteiger partial charge in [0.1, 0.15) is 19.4 Å². The van der Waals surface area contributed by atoms with Gasteiger partial charge in [-0.1, -0.05) is 48.5 Å². The molecule has 0 aromatic heterocycles. The van der Waals surface area contributed by atoms with Crippen LogP contribution in [0.4, 0.5) is 4.79 Å². The molecule has 0 saturated heterocycles. The number of carbonyl (C=O) groups excluding carboxylic acids is 2. The Balaban J connectivity index is 1.24. The number of ether oxygens (including phenoxy) is 2. The Kier molecular flexibility index (Phi) is 6.93. The average molecular weight is 453 g/mol. The summed E-state index contributed by atoms with van der Waals surface area (Å²) in [6.07, 6.45) is 0.695. The number of carboxylic acids is 1. The molecule has 1 fully saturated rings. The zero-order valence-electron chi connectivity index (χ0n) is 18.5. The highest BCUT2D eigenvalue weighted by Crippen LogP contribution is 2.44. The van der Waals surface area contributed by atoms with Gasteiger partial charge in [0, 0.05) is 5.92 Å². The standard InChI is InChI=1S/C25H28N2O6/c1-15(24(30)26-14-33-22(12-23(28)29)16-10-11-16)27-25(31)32-13-21-19-8-4-2-6-17(19)18-7-3-5-9-20(18)21/h2-9,15-16,21-22H,10-14H2,1H3,(H,26,30)(H,27,31)(H,28,29)/t15-,22+/m0/s1. The predicted octanol–water partition coefficient (Wildman–Crippen LogP) is 3.26. The summed E-state index contributed by atoms with van der Waals surface area (Å²) in [5.41, 5.74) is 4.51. The van der Waals surface area contributed by atoms with Crippen molar-refractivity contribution in [1.82, 2.24) is 10.6 Å². The third-order valence-electron chi connectivity index (χ3n) is 6.14. The van der Waals surface area contributed by atoms with Crippen LogP contribution >= 0.6 is 0 Å². The van der Waals surface area contributed by atoms with Crippen molar-refractivity contribution < 1.29 is 29.0 Å². The lowest BCUT2D eigenvalue weighted by molar-refractivity contribution is -0.141. The van der Waals surface area contributed by atoms with E-state index in [1.807, 2.05) is 36.4 Å². The molecule has 0 bridgehead atoms. The number of hydrogen-bond acceptors (Lipinski definition) is 5. The number of benzene rings is 2. The highest BCUT2D eigenvalue weighted by molar-refractivity contribution is 5.85. The molecule has 0 unspecified atom stereocenters. The fourth-order valence-corrected chi connectivity index (χ4v) is 4.26. The van der Waals surface area contributed by atoms with E-state index in [1.54, 1.807) is 6.92 Å². The normalized spacial score (nSPS) is 16.3. The van der Waals surface area contributed by atoms with Crippen molar-refractivity contribution >= 4 is 18.0 Å². The Labute approximate surface area is 192 Å². The zero-order valence-corrected chi connectivity index (χ0v) is 18.5. The minimum atomic E-state index is -0.927. The van der Waals surface area contributed by atoms with Gasteiger partial charge in [-0.05, 0) is 47.9 Å². The summed E-state index contributed by atoms with van der Waals surface area (Å²) in [5.74, 6) is -1.19. The molecule has 1 saturated carbocycles. The van der Waals surface area contributed by atoms with E-state index in [1.165, 1.54) is 0 Å². The Morgan fingerprint density at radius 2 is 1.64 bits per heavy atom. The third kappa shape index (κ3) is 5.51. The molecular formula is C25H28N2O6. The van der Waals surface area contributed by atoms with E-state index in [0.717, 1.165) is 35.1 Å². The second-order valence-electron chi connectivity index (χ2n) is 8.52. The van der Waals surface area contributed by atoms with Crippen molar-refractivity contribution in [2.75, 3.05) is 13.3 Å². The van der Waals surface area contributed by atoms with Gasteiger partial charge < -0.3 is 25.2 Å². The van der Waals surface area contributed by atoms with E-state index in [-0.39, 0.29) is 31.6 Å². The monoisotopic (exact) mass is 452 g/mol. The van der Waals surface area contributed by atoms with Crippen molar-refractivity contribution in [2.24, 2.45) is 5.92 Å². The largest absolute Gasteiger partial charge is 0.481 e. The van der Waals surface area contributed by atoms with Crippen LogP contribution in [0, 0.1) is 5.92 Å². The van der Waals surface area contributed by atoms with E-state index in [0.29, 0.717) is 0 Å². The summed E-state index contributed by atoms with van der Waals surface area (Å²) in [5, 5.41) is 14.1. The first-order valence-electron chi connectivity index (χ1n) is 11.2. The summed E-state index contributed by atoms with van der Waals surface area (Å²) in [6.45, 7) is 1.60. The summed E-state index contributed by atoms with van der Waals surface area (Å²) in [7, 11) is 0. The highest BCUT2D eigenvalue weighted by Gasteiger charge is 2.34. The molecule has 4 rings (SSSR count). The Bertz CT molecular complexity index is 990. The molecule has 3 N–H and O–H groups in total. The van der Waals surface area contributed by atoms with Gasteiger partial charge in [-0.2, -0.15) is 0 Å². The van der Waals surface area contributed by atoms with Crippen molar-refractivity contribution in [3.05, 3.63) is 59.7 Å². The molecule has 2 aromatic carbocycles. The average Bonchev–Trinajstić information content (AvgIpc) is 3.59. The number of alkyl carbamates (subject to hydrolysis) is 1. The minimum Gasteiger partial charge on any atom is -0.481 e. The molecule has 0 heterocycles. The number of carbonyl (C=O) groups is 3. The first kappa shape index (κ1) is 22.8. The van der Waals surface area contributed by atoms with E-state index < -0.39 is 30.1 Å². The highest BCUT2D eigenvalue weighted by atomic mass is 16.5. The second-order valence-corrected chi connectivity index (χ2v) is 8.52. The van der Waals surface area contributed by atoms with Crippen LogP contribution < -0.4 is 10.6 Å². The van der Waals surface area contributed by atoms with E-state index in [2.05, 4.69) is 22.8 Å². The van der Waals surface area contributed by atoms with Crippen molar-refractivity contribution in [3.63, 3.8) is 0 Å². The van der Waals surface area contributed by atoms with Crippen LogP contribution in [0.3, 0.4) is 0 Å². The van der Waals surface area contributed by atoms with E-state index >= 15 is 0 Å². The van der Waals surface area contributed by atoms with Crippen LogP contribution in [0.15, 0.2) is 48.5 Å². The molecule has 8 heteroatoms. The minimum absolute atomic E-state index is 0.0609.